The summed E-state index contributed by atoms with van der Waals surface area (Å²) in [6.45, 7) is 5.55. The molecule has 0 heterocycles. The van der Waals surface area contributed by atoms with Gasteiger partial charge in [0.1, 0.15) is 0 Å². The van der Waals surface area contributed by atoms with Gasteiger partial charge in [-0.15, -0.1) is 0 Å². The topological polar surface area (TPSA) is 43.1 Å². The predicted molar refractivity (Wildman–Crippen MR) is 41.4 cm³/mol. The highest BCUT2D eigenvalue weighted by molar-refractivity contribution is 7.82. The van der Waals surface area contributed by atoms with Gasteiger partial charge < -0.3 is 5.73 Å². The summed E-state index contributed by atoms with van der Waals surface area (Å²) in [5.74, 6) is -0.181. The predicted octanol–water partition coefficient (Wildman–Crippen LogP) is 0.816. The summed E-state index contributed by atoms with van der Waals surface area (Å²) < 4.78 is -0.667. The highest BCUT2D eigenvalue weighted by Gasteiger charge is 2.29. The van der Waals surface area contributed by atoms with Gasteiger partial charge >= 0.3 is 0 Å². The normalized spacial score (nSPS) is 17.4. The summed E-state index contributed by atoms with van der Waals surface area (Å²) in [7, 11) is 0. The van der Waals surface area contributed by atoms with Crippen LogP contribution in [0.5, 0.6) is 0 Å². The maximum absolute atomic E-state index is 10.6. The molecule has 2 N–H and O–H groups in total. The molecule has 0 fully saturated rings. The van der Waals surface area contributed by atoms with Crippen molar-refractivity contribution in [1.82, 2.24) is 0 Å². The number of hydrogen-bond acceptors (Lipinski definition) is 2. The minimum Gasteiger partial charge on any atom is -0.368 e. The van der Waals surface area contributed by atoms with Crippen molar-refractivity contribution in [1.29, 1.82) is 0 Å². The summed E-state index contributed by atoms with van der Waals surface area (Å²) in [6, 6.07) is 0. The van der Waals surface area contributed by atoms with Gasteiger partial charge in [0.15, 0.2) is 0 Å². The second-order valence-corrected chi connectivity index (χ2v) is 3.60. The number of primary amides is 1. The van der Waals surface area contributed by atoms with Gasteiger partial charge in [-0.3, -0.25) is 4.79 Å². The quantitative estimate of drug-likeness (QED) is 0.558. The van der Waals surface area contributed by atoms with Crippen LogP contribution in [-0.2, 0) is 4.79 Å². The average Bonchev–Trinajstić information content (AvgIpc) is 1.65. The van der Waals surface area contributed by atoms with Crippen molar-refractivity contribution in [2.24, 2.45) is 11.7 Å². The lowest BCUT2D eigenvalue weighted by Crippen LogP contribution is -2.40. The van der Waals surface area contributed by atoms with Crippen LogP contribution >= 0.6 is 12.6 Å². The molecule has 0 radical (unpaired) electrons. The first-order valence-corrected chi connectivity index (χ1v) is 3.36. The minimum absolute atomic E-state index is 0.179. The third-order valence-corrected chi connectivity index (χ3v) is 2.36. The number of nitrogens with two attached hydrogens (primary N) is 1. The molecule has 0 spiro atoms. The molecule has 0 aliphatic carbocycles. The van der Waals surface area contributed by atoms with E-state index in [0.29, 0.717) is 0 Å². The van der Waals surface area contributed by atoms with Gasteiger partial charge in [-0.05, 0) is 12.8 Å². The molecule has 0 rings (SSSR count). The first-order valence-electron chi connectivity index (χ1n) is 2.91. The highest BCUT2D eigenvalue weighted by atomic mass is 32.1. The molecule has 0 bridgehead atoms. The van der Waals surface area contributed by atoms with E-state index in [0.717, 1.165) is 0 Å². The van der Waals surface area contributed by atoms with E-state index in [2.05, 4.69) is 12.6 Å². The van der Waals surface area contributed by atoms with E-state index in [1.165, 1.54) is 0 Å². The second kappa shape index (κ2) is 2.60. The number of rotatable bonds is 2. The fourth-order valence-electron chi connectivity index (χ4n) is 0.285. The molecule has 0 aliphatic heterocycles. The lowest BCUT2D eigenvalue weighted by Gasteiger charge is -2.23. The second-order valence-electron chi connectivity index (χ2n) is 2.67. The third kappa shape index (κ3) is 1.90. The van der Waals surface area contributed by atoms with Gasteiger partial charge in [0.05, 0.1) is 4.75 Å². The monoisotopic (exact) mass is 147 g/mol. The van der Waals surface area contributed by atoms with Crippen LogP contribution in [0.2, 0.25) is 0 Å². The molecular weight excluding hydrogens is 134 g/mol. The van der Waals surface area contributed by atoms with Crippen LogP contribution < -0.4 is 5.73 Å². The molecular formula is C6H13NOS. The lowest BCUT2D eigenvalue weighted by atomic mass is 9.96. The molecule has 0 saturated heterocycles. The zero-order valence-corrected chi connectivity index (χ0v) is 6.90. The SMILES string of the molecule is CC(C)[C@](C)(S)C(N)=O. The molecule has 2 nitrogen and oxygen atoms in total. The molecule has 0 aromatic heterocycles. The maximum atomic E-state index is 10.6. The maximum Gasteiger partial charge on any atom is 0.233 e. The molecule has 0 unspecified atom stereocenters. The Balaban J connectivity index is 4.19. The molecule has 1 atom stereocenters. The van der Waals surface area contributed by atoms with Crippen molar-refractivity contribution in [2.75, 3.05) is 0 Å². The van der Waals surface area contributed by atoms with E-state index in [1.54, 1.807) is 6.92 Å². The molecule has 0 aliphatic rings. The molecule has 3 heteroatoms. The van der Waals surface area contributed by atoms with Gasteiger partial charge in [-0.25, -0.2) is 0 Å². The van der Waals surface area contributed by atoms with E-state index < -0.39 is 4.75 Å². The fourth-order valence-corrected chi connectivity index (χ4v) is 0.285. The summed E-state index contributed by atoms with van der Waals surface area (Å²) in [6.07, 6.45) is 0. The Kier molecular flexibility index (Phi) is 2.55. The molecule has 0 aromatic carbocycles. The van der Waals surface area contributed by atoms with Crippen molar-refractivity contribution in [2.45, 2.75) is 25.5 Å². The minimum atomic E-state index is -0.667. The first kappa shape index (κ1) is 8.82. The van der Waals surface area contributed by atoms with Crippen LogP contribution in [0, 0.1) is 5.92 Å². The Morgan fingerprint density at radius 3 is 2.00 bits per heavy atom. The van der Waals surface area contributed by atoms with Crippen molar-refractivity contribution in [3.63, 3.8) is 0 Å². The number of thiol groups is 1. The summed E-state index contributed by atoms with van der Waals surface area (Å²) >= 11 is 4.10. The van der Waals surface area contributed by atoms with E-state index in [4.69, 9.17) is 5.73 Å². The molecule has 54 valence electrons. The van der Waals surface area contributed by atoms with Gasteiger partial charge in [-0.2, -0.15) is 12.6 Å². The van der Waals surface area contributed by atoms with Crippen LogP contribution in [0.1, 0.15) is 20.8 Å². The van der Waals surface area contributed by atoms with E-state index in [-0.39, 0.29) is 11.8 Å². The Morgan fingerprint density at radius 2 is 2.00 bits per heavy atom. The van der Waals surface area contributed by atoms with Gasteiger partial charge in [0.2, 0.25) is 5.91 Å². The van der Waals surface area contributed by atoms with Crippen LogP contribution in [0.15, 0.2) is 0 Å². The van der Waals surface area contributed by atoms with Crippen LogP contribution in [-0.4, -0.2) is 10.7 Å². The fraction of sp³-hybridized carbons (Fsp3) is 0.833. The van der Waals surface area contributed by atoms with Crippen LogP contribution in [0.3, 0.4) is 0 Å². The largest absolute Gasteiger partial charge is 0.368 e. The molecule has 0 saturated carbocycles. The molecule has 9 heavy (non-hydrogen) atoms. The van der Waals surface area contributed by atoms with Crippen molar-refractivity contribution >= 4 is 18.5 Å². The smallest absolute Gasteiger partial charge is 0.233 e. The van der Waals surface area contributed by atoms with Gasteiger partial charge in [0.25, 0.3) is 0 Å². The summed E-state index contributed by atoms with van der Waals surface area (Å²) in [5, 5.41) is 0. The first-order chi connectivity index (χ1) is 3.89. The van der Waals surface area contributed by atoms with Crippen molar-refractivity contribution in [3.8, 4) is 0 Å². The number of carbonyl (C=O) groups is 1. The third-order valence-electron chi connectivity index (χ3n) is 1.62. The average molecular weight is 147 g/mol. The Bertz CT molecular complexity index is 120. The number of hydrogen-bond donors (Lipinski definition) is 2. The van der Waals surface area contributed by atoms with Crippen molar-refractivity contribution in [3.05, 3.63) is 0 Å². The van der Waals surface area contributed by atoms with E-state index in [9.17, 15) is 4.79 Å². The van der Waals surface area contributed by atoms with Crippen molar-refractivity contribution < 1.29 is 4.79 Å². The standard InChI is InChI=1S/C6H13NOS/c1-4(2)6(3,9)5(7)8/h4,9H,1-3H3,(H2,7,8)/t6-/m0/s1. The van der Waals surface area contributed by atoms with Gasteiger partial charge in [0, 0.05) is 0 Å². The lowest BCUT2D eigenvalue weighted by molar-refractivity contribution is -0.120. The van der Waals surface area contributed by atoms with Crippen LogP contribution in [0.4, 0.5) is 0 Å². The van der Waals surface area contributed by atoms with E-state index >= 15 is 0 Å². The zero-order chi connectivity index (χ0) is 7.65. The van der Waals surface area contributed by atoms with Gasteiger partial charge in [-0.1, -0.05) is 13.8 Å². The number of carbonyl (C=O) groups excluding carboxylic acids is 1. The summed E-state index contributed by atoms with van der Waals surface area (Å²) in [4.78, 5) is 10.6. The molecule has 1 amide bonds. The Morgan fingerprint density at radius 1 is 1.67 bits per heavy atom. The number of amides is 1. The molecule has 0 aromatic rings. The zero-order valence-electron chi connectivity index (χ0n) is 6.01. The Hall–Kier alpha value is -0.180. The Labute approximate surface area is 61.2 Å². The van der Waals surface area contributed by atoms with Crippen LogP contribution in [0.25, 0.3) is 0 Å². The highest BCUT2D eigenvalue weighted by Crippen LogP contribution is 2.22. The van der Waals surface area contributed by atoms with E-state index in [1.807, 2.05) is 13.8 Å². The summed E-state index contributed by atoms with van der Waals surface area (Å²) in [5.41, 5.74) is 5.06.